The maximum Gasteiger partial charge on any atom is 0.332 e. The smallest absolute Gasteiger partial charge is 0.332 e. The molecule has 0 aliphatic rings. The van der Waals surface area contributed by atoms with Crippen LogP contribution in [-0.2, 0) is 9.63 Å². The molecule has 0 bridgehead atoms. The van der Waals surface area contributed by atoms with Gasteiger partial charge >= 0.3 is 5.97 Å². The van der Waals surface area contributed by atoms with Crippen LogP contribution in [0.4, 0.5) is 0 Å². The van der Waals surface area contributed by atoms with Crippen molar-refractivity contribution in [3.63, 3.8) is 0 Å². The first-order valence-corrected chi connectivity index (χ1v) is 6.89. The Labute approximate surface area is 127 Å². The third-order valence-corrected chi connectivity index (χ3v) is 2.99. The predicted octanol–water partition coefficient (Wildman–Crippen LogP) is 1.98. The van der Waals surface area contributed by atoms with Crippen molar-refractivity contribution in [1.29, 1.82) is 0 Å². The molecular weight excluding hydrogens is 284 g/mol. The summed E-state index contributed by atoms with van der Waals surface area (Å²) in [6, 6.07) is 10.1. The minimum absolute atomic E-state index is 0.257. The maximum absolute atomic E-state index is 11.8. The number of nitrogens with one attached hydrogen (secondary N) is 1. The SMILES string of the molecule is CCCC(=O)ONC(=O)c1ccc(-c2cc[n+]([O-])cc2)cc1. The van der Waals surface area contributed by atoms with E-state index >= 15 is 0 Å². The largest absolute Gasteiger partial charge is 0.619 e. The number of hydroxylamine groups is 1. The van der Waals surface area contributed by atoms with Gasteiger partial charge in [-0.15, -0.1) is 0 Å². The number of pyridine rings is 1. The van der Waals surface area contributed by atoms with Crippen molar-refractivity contribution < 1.29 is 19.2 Å². The summed E-state index contributed by atoms with van der Waals surface area (Å²) in [7, 11) is 0. The number of benzene rings is 1. The first kappa shape index (κ1) is 15.5. The fraction of sp³-hybridized carbons (Fsp3) is 0.188. The second-order valence-corrected chi connectivity index (χ2v) is 4.68. The van der Waals surface area contributed by atoms with Crippen LogP contribution < -0.4 is 10.2 Å². The lowest BCUT2D eigenvalue weighted by Gasteiger charge is -2.06. The van der Waals surface area contributed by atoms with E-state index in [1.807, 2.05) is 6.92 Å². The van der Waals surface area contributed by atoms with Gasteiger partial charge < -0.3 is 10.0 Å². The highest BCUT2D eigenvalue weighted by molar-refractivity contribution is 5.94. The average molecular weight is 300 g/mol. The van der Waals surface area contributed by atoms with Crippen molar-refractivity contribution in [3.8, 4) is 11.1 Å². The first-order valence-electron chi connectivity index (χ1n) is 6.89. The number of aromatic nitrogens is 1. The van der Waals surface area contributed by atoms with Crippen molar-refractivity contribution in [2.24, 2.45) is 0 Å². The molecule has 0 spiro atoms. The summed E-state index contributed by atoms with van der Waals surface area (Å²) < 4.78 is 0.704. The number of nitrogens with zero attached hydrogens (tertiary/aromatic N) is 1. The molecular formula is C16H16N2O4. The number of carbonyl (C=O) groups excluding carboxylic acids is 2. The van der Waals surface area contributed by atoms with Crippen LogP contribution in [0.3, 0.4) is 0 Å². The van der Waals surface area contributed by atoms with E-state index in [4.69, 9.17) is 0 Å². The molecule has 6 heteroatoms. The van der Waals surface area contributed by atoms with Crippen molar-refractivity contribution >= 4 is 11.9 Å². The molecule has 22 heavy (non-hydrogen) atoms. The number of hydrogen-bond donors (Lipinski definition) is 1. The number of amides is 1. The van der Waals surface area contributed by atoms with Gasteiger partial charge in [0.15, 0.2) is 12.4 Å². The Morgan fingerprint density at radius 1 is 1.09 bits per heavy atom. The van der Waals surface area contributed by atoms with Crippen molar-refractivity contribution in [2.45, 2.75) is 19.8 Å². The van der Waals surface area contributed by atoms with Gasteiger partial charge in [-0.3, -0.25) is 4.79 Å². The van der Waals surface area contributed by atoms with E-state index in [0.717, 1.165) is 11.1 Å². The number of carbonyl (C=O) groups is 2. The fourth-order valence-electron chi connectivity index (χ4n) is 1.84. The van der Waals surface area contributed by atoms with E-state index in [1.54, 1.807) is 36.4 Å². The molecule has 2 aromatic rings. The predicted molar refractivity (Wildman–Crippen MR) is 79.3 cm³/mol. The number of rotatable bonds is 4. The van der Waals surface area contributed by atoms with Crippen LogP contribution in [0.1, 0.15) is 30.1 Å². The van der Waals surface area contributed by atoms with Gasteiger partial charge in [-0.1, -0.05) is 19.1 Å². The highest BCUT2D eigenvalue weighted by Gasteiger charge is 2.09. The van der Waals surface area contributed by atoms with Gasteiger partial charge in [0, 0.05) is 24.1 Å². The second kappa shape index (κ2) is 7.21. The second-order valence-electron chi connectivity index (χ2n) is 4.68. The molecule has 0 fully saturated rings. The normalized spacial score (nSPS) is 10.0. The van der Waals surface area contributed by atoms with E-state index in [9.17, 15) is 14.8 Å². The molecule has 1 N–H and O–H groups in total. The summed E-state index contributed by atoms with van der Waals surface area (Å²) in [5.41, 5.74) is 4.24. The lowest BCUT2D eigenvalue weighted by molar-refractivity contribution is -0.605. The van der Waals surface area contributed by atoms with Crippen molar-refractivity contribution in [2.75, 3.05) is 0 Å². The standard InChI is InChI=1S/C16H16N2O4/c1-2-3-15(19)22-17-16(20)14-6-4-12(5-7-14)13-8-10-18(21)11-9-13/h4-11H,2-3H2,1H3,(H,17,20). The molecule has 0 unspecified atom stereocenters. The van der Waals surface area contributed by atoms with E-state index in [1.165, 1.54) is 12.4 Å². The Bertz CT molecular complexity index is 651. The van der Waals surface area contributed by atoms with Crippen molar-refractivity contribution in [1.82, 2.24) is 5.48 Å². The molecule has 0 saturated carbocycles. The van der Waals surface area contributed by atoms with E-state index < -0.39 is 11.9 Å². The molecule has 0 aliphatic carbocycles. The molecule has 2 rings (SSSR count). The maximum atomic E-state index is 11.8. The molecule has 1 aromatic carbocycles. The lowest BCUT2D eigenvalue weighted by Crippen LogP contribution is -2.26. The van der Waals surface area contributed by atoms with Gasteiger partial charge in [-0.25, -0.2) is 4.79 Å². The van der Waals surface area contributed by atoms with Gasteiger partial charge in [0.2, 0.25) is 0 Å². The highest BCUT2D eigenvalue weighted by Crippen LogP contribution is 2.18. The van der Waals surface area contributed by atoms with Crippen LogP contribution in [0.15, 0.2) is 48.8 Å². The van der Waals surface area contributed by atoms with Crippen LogP contribution in [0.25, 0.3) is 11.1 Å². The molecule has 0 atom stereocenters. The summed E-state index contributed by atoms with van der Waals surface area (Å²) in [6.07, 6.45) is 3.73. The number of hydrogen-bond acceptors (Lipinski definition) is 4. The summed E-state index contributed by atoms with van der Waals surface area (Å²) in [4.78, 5) is 27.6. The van der Waals surface area contributed by atoms with Gasteiger partial charge in [0.1, 0.15) is 0 Å². The molecule has 1 amide bonds. The minimum atomic E-state index is -0.485. The average Bonchev–Trinajstić information content (AvgIpc) is 2.54. The molecule has 0 aliphatic heterocycles. The molecule has 114 valence electrons. The Hall–Kier alpha value is -2.89. The summed E-state index contributed by atoms with van der Waals surface area (Å²) in [5.74, 6) is -0.955. The van der Waals surface area contributed by atoms with E-state index in [2.05, 4.69) is 10.3 Å². The third kappa shape index (κ3) is 4.05. The van der Waals surface area contributed by atoms with Crippen LogP contribution >= 0.6 is 0 Å². The zero-order valence-electron chi connectivity index (χ0n) is 12.1. The summed E-state index contributed by atoms with van der Waals surface area (Å²) in [5, 5.41) is 11.0. The molecule has 1 aromatic heterocycles. The topological polar surface area (TPSA) is 82.3 Å². The van der Waals surface area contributed by atoms with E-state index in [-0.39, 0.29) is 6.42 Å². The zero-order chi connectivity index (χ0) is 15.9. The third-order valence-electron chi connectivity index (χ3n) is 2.99. The Morgan fingerprint density at radius 3 is 2.27 bits per heavy atom. The lowest BCUT2D eigenvalue weighted by atomic mass is 10.1. The highest BCUT2D eigenvalue weighted by atomic mass is 16.7. The van der Waals surface area contributed by atoms with Gasteiger partial charge in [0.25, 0.3) is 5.91 Å². The Kier molecular flexibility index (Phi) is 5.08. The Morgan fingerprint density at radius 2 is 1.68 bits per heavy atom. The Balaban J connectivity index is 2.00. The molecule has 6 nitrogen and oxygen atoms in total. The van der Waals surface area contributed by atoms with Crippen molar-refractivity contribution in [3.05, 3.63) is 59.6 Å². The van der Waals surface area contributed by atoms with Crippen LogP contribution in [-0.4, -0.2) is 11.9 Å². The minimum Gasteiger partial charge on any atom is -0.619 e. The first-order chi connectivity index (χ1) is 10.6. The summed E-state index contributed by atoms with van der Waals surface area (Å²) in [6.45, 7) is 1.85. The van der Waals surface area contributed by atoms with Crippen LogP contribution in [0, 0.1) is 5.21 Å². The molecule has 1 heterocycles. The van der Waals surface area contributed by atoms with Gasteiger partial charge in [0.05, 0.1) is 0 Å². The molecule has 0 radical (unpaired) electrons. The van der Waals surface area contributed by atoms with Crippen LogP contribution in [0.5, 0.6) is 0 Å². The van der Waals surface area contributed by atoms with Gasteiger partial charge in [-0.2, -0.15) is 10.2 Å². The summed E-state index contributed by atoms with van der Waals surface area (Å²) >= 11 is 0. The van der Waals surface area contributed by atoms with Gasteiger partial charge in [-0.05, 0) is 29.7 Å². The van der Waals surface area contributed by atoms with E-state index in [0.29, 0.717) is 16.7 Å². The monoisotopic (exact) mass is 300 g/mol. The molecule has 0 saturated heterocycles. The zero-order valence-corrected chi connectivity index (χ0v) is 12.1. The fourth-order valence-corrected chi connectivity index (χ4v) is 1.84. The quantitative estimate of drug-likeness (QED) is 0.531. The van der Waals surface area contributed by atoms with Crippen LogP contribution in [0.2, 0.25) is 0 Å².